The van der Waals surface area contributed by atoms with Gasteiger partial charge in [0.1, 0.15) is 5.58 Å². The minimum Gasteiger partial charge on any atom is -0.423 e. The molecule has 0 aliphatic carbocycles. The zero-order valence-electron chi connectivity index (χ0n) is 15.2. The molecule has 0 bridgehead atoms. The number of benzene rings is 2. The maximum Gasteiger partial charge on any atom is 0.336 e. The summed E-state index contributed by atoms with van der Waals surface area (Å²) in [5, 5.41) is 3.42. The van der Waals surface area contributed by atoms with Crippen molar-refractivity contribution in [1.82, 2.24) is 0 Å². The molecular formula is C20H19NO5S. The van der Waals surface area contributed by atoms with Gasteiger partial charge in [-0.25, -0.2) is 13.2 Å². The molecular weight excluding hydrogens is 366 g/mol. The Morgan fingerprint density at radius 1 is 1.07 bits per heavy atom. The molecule has 3 aromatic rings. The number of sulfone groups is 1. The maximum atomic E-state index is 12.5. The fraction of sp³-hybridized carbons (Fsp3) is 0.200. The SMILES string of the molecule is Cc1ccc2c(CC(=O)Nc3cc(S(C)(=O)=O)ccc3C)cc(=O)oc2c1. The molecule has 0 atom stereocenters. The van der Waals surface area contributed by atoms with Crippen molar-refractivity contribution < 1.29 is 17.6 Å². The van der Waals surface area contributed by atoms with Crippen LogP contribution in [0.1, 0.15) is 16.7 Å². The minimum atomic E-state index is -3.38. The highest BCUT2D eigenvalue weighted by molar-refractivity contribution is 7.90. The van der Waals surface area contributed by atoms with Gasteiger partial charge in [0.2, 0.25) is 5.91 Å². The Balaban J connectivity index is 1.91. The van der Waals surface area contributed by atoms with Crippen LogP contribution in [0.25, 0.3) is 11.0 Å². The van der Waals surface area contributed by atoms with E-state index >= 15 is 0 Å². The number of hydrogen-bond donors (Lipinski definition) is 1. The molecule has 0 radical (unpaired) electrons. The number of amides is 1. The zero-order valence-corrected chi connectivity index (χ0v) is 16.0. The van der Waals surface area contributed by atoms with Crippen molar-refractivity contribution in [3.8, 4) is 0 Å². The average molecular weight is 385 g/mol. The van der Waals surface area contributed by atoms with E-state index in [4.69, 9.17) is 4.42 Å². The lowest BCUT2D eigenvalue weighted by atomic mass is 10.1. The molecule has 0 unspecified atom stereocenters. The van der Waals surface area contributed by atoms with E-state index in [2.05, 4.69) is 5.32 Å². The molecule has 1 heterocycles. The summed E-state index contributed by atoms with van der Waals surface area (Å²) in [5.74, 6) is -0.351. The van der Waals surface area contributed by atoms with Gasteiger partial charge in [-0.05, 0) is 48.7 Å². The minimum absolute atomic E-state index is 0.0340. The number of hydrogen-bond acceptors (Lipinski definition) is 5. The van der Waals surface area contributed by atoms with E-state index in [9.17, 15) is 18.0 Å². The van der Waals surface area contributed by atoms with Crippen LogP contribution >= 0.6 is 0 Å². The second kappa shape index (κ2) is 7.00. The van der Waals surface area contributed by atoms with E-state index in [1.54, 1.807) is 19.1 Å². The highest BCUT2D eigenvalue weighted by Crippen LogP contribution is 2.22. The van der Waals surface area contributed by atoms with E-state index in [-0.39, 0.29) is 17.2 Å². The standard InChI is InChI=1S/C20H19NO5S/c1-12-4-7-16-14(10-20(23)26-18(16)8-12)9-19(22)21-17-11-15(27(3,24)25)6-5-13(17)2/h4-8,10-11H,9H2,1-3H3,(H,21,22). The monoisotopic (exact) mass is 385 g/mol. The molecule has 0 aliphatic heterocycles. The van der Waals surface area contributed by atoms with Crippen molar-refractivity contribution in [2.24, 2.45) is 0 Å². The Morgan fingerprint density at radius 2 is 1.81 bits per heavy atom. The molecule has 140 valence electrons. The van der Waals surface area contributed by atoms with Crippen LogP contribution in [0.4, 0.5) is 5.69 Å². The predicted molar refractivity (Wildman–Crippen MR) is 104 cm³/mol. The fourth-order valence-corrected chi connectivity index (χ4v) is 3.46. The number of carbonyl (C=O) groups is 1. The third-order valence-electron chi connectivity index (χ3n) is 4.25. The first-order valence-corrected chi connectivity index (χ1v) is 10.2. The lowest BCUT2D eigenvalue weighted by Crippen LogP contribution is -2.17. The summed E-state index contributed by atoms with van der Waals surface area (Å²) >= 11 is 0. The molecule has 3 rings (SSSR count). The number of anilines is 1. The predicted octanol–water partition coefficient (Wildman–Crippen LogP) is 2.99. The topological polar surface area (TPSA) is 93.5 Å². The van der Waals surface area contributed by atoms with E-state index in [1.165, 1.54) is 18.2 Å². The first-order chi connectivity index (χ1) is 12.6. The van der Waals surface area contributed by atoms with E-state index in [1.807, 2.05) is 19.1 Å². The van der Waals surface area contributed by atoms with Crippen LogP contribution in [0.15, 0.2) is 56.6 Å². The van der Waals surface area contributed by atoms with Crippen molar-refractivity contribution >= 4 is 32.4 Å². The quantitative estimate of drug-likeness (QED) is 0.697. The molecule has 0 spiro atoms. The molecule has 0 saturated heterocycles. The summed E-state index contributed by atoms with van der Waals surface area (Å²) in [6, 6.07) is 11.3. The Kier molecular flexibility index (Phi) is 4.89. The molecule has 6 nitrogen and oxygen atoms in total. The van der Waals surface area contributed by atoms with Gasteiger partial charge in [0.15, 0.2) is 9.84 Å². The summed E-state index contributed by atoms with van der Waals surface area (Å²) in [7, 11) is -3.38. The van der Waals surface area contributed by atoms with E-state index < -0.39 is 15.5 Å². The number of rotatable bonds is 4. The maximum absolute atomic E-state index is 12.5. The molecule has 0 fully saturated rings. The Bertz CT molecular complexity index is 1210. The average Bonchev–Trinajstić information content (AvgIpc) is 2.55. The van der Waals surface area contributed by atoms with Crippen molar-refractivity contribution in [3.05, 3.63) is 69.6 Å². The summed E-state index contributed by atoms with van der Waals surface area (Å²) in [6.45, 7) is 3.66. The van der Waals surface area contributed by atoms with Gasteiger partial charge >= 0.3 is 5.63 Å². The molecule has 1 amide bonds. The van der Waals surface area contributed by atoms with Gasteiger partial charge < -0.3 is 9.73 Å². The van der Waals surface area contributed by atoms with Gasteiger partial charge in [0, 0.05) is 23.4 Å². The van der Waals surface area contributed by atoms with Crippen molar-refractivity contribution in [3.63, 3.8) is 0 Å². The number of carbonyl (C=O) groups excluding carboxylic acids is 1. The molecule has 2 aromatic carbocycles. The van der Waals surface area contributed by atoms with Gasteiger partial charge in [-0.2, -0.15) is 0 Å². The van der Waals surface area contributed by atoms with E-state index in [0.717, 1.165) is 17.4 Å². The fourth-order valence-electron chi connectivity index (χ4n) is 2.82. The first-order valence-electron chi connectivity index (χ1n) is 8.27. The van der Waals surface area contributed by atoms with E-state index in [0.29, 0.717) is 22.2 Å². The molecule has 27 heavy (non-hydrogen) atoms. The number of nitrogens with one attached hydrogen (secondary N) is 1. The number of aryl methyl sites for hydroxylation is 2. The summed E-state index contributed by atoms with van der Waals surface area (Å²) < 4.78 is 28.7. The third kappa shape index (κ3) is 4.25. The highest BCUT2D eigenvalue weighted by Gasteiger charge is 2.14. The second-order valence-corrected chi connectivity index (χ2v) is 8.58. The second-order valence-electron chi connectivity index (χ2n) is 6.56. The summed E-state index contributed by atoms with van der Waals surface area (Å²) in [6.07, 6.45) is 1.08. The Labute approximate surface area is 156 Å². The van der Waals surface area contributed by atoms with Crippen LogP contribution < -0.4 is 10.9 Å². The van der Waals surface area contributed by atoms with Crippen LogP contribution in [-0.2, 0) is 21.1 Å². The van der Waals surface area contributed by atoms with Gasteiger partial charge in [0.25, 0.3) is 0 Å². The summed E-state index contributed by atoms with van der Waals surface area (Å²) in [5.41, 5.74) is 2.57. The Morgan fingerprint density at radius 3 is 2.52 bits per heavy atom. The lowest BCUT2D eigenvalue weighted by Gasteiger charge is -2.11. The van der Waals surface area contributed by atoms with Gasteiger partial charge in [0.05, 0.1) is 11.3 Å². The van der Waals surface area contributed by atoms with Crippen LogP contribution in [-0.4, -0.2) is 20.6 Å². The molecule has 0 saturated carbocycles. The first kappa shape index (κ1) is 18.8. The smallest absolute Gasteiger partial charge is 0.336 e. The van der Waals surface area contributed by atoms with Crippen molar-refractivity contribution in [2.45, 2.75) is 25.2 Å². The van der Waals surface area contributed by atoms with Crippen LogP contribution in [0, 0.1) is 13.8 Å². The lowest BCUT2D eigenvalue weighted by molar-refractivity contribution is -0.115. The Hall–Kier alpha value is -2.93. The molecule has 1 N–H and O–H groups in total. The molecule has 1 aromatic heterocycles. The largest absolute Gasteiger partial charge is 0.423 e. The van der Waals surface area contributed by atoms with Crippen LogP contribution in [0.2, 0.25) is 0 Å². The van der Waals surface area contributed by atoms with Crippen molar-refractivity contribution in [1.29, 1.82) is 0 Å². The zero-order chi connectivity index (χ0) is 19.8. The normalized spacial score (nSPS) is 11.5. The van der Waals surface area contributed by atoms with Gasteiger partial charge in [-0.15, -0.1) is 0 Å². The van der Waals surface area contributed by atoms with Crippen LogP contribution in [0.3, 0.4) is 0 Å². The molecule has 0 aliphatic rings. The highest BCUT2D eigenvalue weighted by atomic mass is 32.2. The van der Waals surface area contributed by atoms with Gasteiger partial charge in [-0.3, -0.25) is 4.79 Å². The van der Waals surface area contributed by atoms with Crippen molar-refractivity contribution in [2.75, 3.05) is 11.6 Å². The van der Waals surface area contributed by atoms with Crippen LogP contribution in [0.5, 0.6) is 0 Å². The van der Waals surface area contributed by atoms with Gasteiger partial charge in [-0.1, -0.05) is 18.2 Å². The number of fused-ring (bicyclic) bond motifs is 1. The summed E-state index contributed by atoms with van der Waals surface area (Å²) in [4.78, 5) is 24.5. The third-order valence-corrected chi connectivity index (χ3v) is 5.36. The molecule has 7 heteroatoms.